The van der Waals surface area contributed by atoms with Gasteiger partial charge >= 0.3 is 0 Å². The second-order valence-corrected chi connectivity index (χ2v) is 11.0. The van der Waals surface area contributed by atoms with Crippen LogP contribution >= 0.6 is 49.0 Å². The first kappa shape index (κ1) is 33.1. The van der Waals surface area contributed by atoms with E-state index in [2.05, 4.69) is 63.9 Å². The quantitative estimate of drug-likeness (QED) is 0.217. The Morgan fingerprint density at radius 2 is 1.62 bits per heavy atom. The lowest BCUT2D eigenvalue weighted by molar-refractivity contribution is 0.404. The van der Waals surface area contributed by atoms with Gasteiger partial charge in [-0.15, -0.1) is 37.2 Å². The third kappa shape index (κ3) is 7.78. The number of pyridine rings is 1. The molecule has 0 saturated carbocycles. The molecule has 0 aliphatic rings. The number of hydrogen-bond donors (Lipinski definition) is 2. The molecule has 0 amide bonds. The number of methoxy groups -OCH3 is 1. The molecule has 0 radical (unpaired) electrons. The van der Waals surface area contributed by atoms with E-state index >= 15 is 0 Å². The van der Waals surface area contributed by atoms with Crippen LogP contribution in [0, 0.1) is 19.3 Å². The lowest BCUT2D eigenvalue weighted by Crippen LogP contribution is -2.17. The monoisotopic (exact) mass is 582 g/mol. The highest BCUT2D eigenvalue weighted by Crippen LogP contribution is 2.37. The Labute approximate surface area is 243 Å². The molecule has 4 aromatic rings. The number of halogens is 3. The standard InChI is InChI=1S/C28H34N4OS.3ClH/c1-17-7-9-19(10-8-17)26-21(15-29)25(14-28(3,4)5)30-18(2)22(26)16-34-27-31-23-12-11-20(33-6)13-24(23)32-27;;;/h7-13H,14-16,29H2,1-6H3,(H,31,32);3*1H. The van der Waals surface area contributed by atoms with Crippen molar-refractivity contribution in [1.29, 1.82) is 0 Å². The summed E-state index contributed by atoms with van der Waals surface area (Å²) in [5, 5.41) is 0.880. The van der Waals surface area contributed by atoms with Crippen molar-refractivity contribution in [2.75, 3.05) is 7.11 Å². The van der Waals surface area contributed by atoms with Crippen molar-refractivity contribution in [3.63, 3.8) is 0 Å². The first-order valence-electron chi connectivity index (χ1n) is 11.6. The van der Waals surface area contributed by atoms with Crippen molar-refractivity contribution in [2.24, 2.45) is 11.1 Å². The Hall–Kier alpha value is -1.96. The molecule has 2 heterocycles. The Bertz CT molecular complexity index is 1320. The van der Waals surface area contributed by atoms with Crippen LogP contribution in [0.3, 0.4) is 0 Å². The second kappa shape index (κ2) is 13.7. The van der Waals surface area contributed by atoms with Crippen molar-refractivity contribution in [3.8, 4) is 16.9 Å². The van der Waals surface area contributed by atoms with Gasteiger partial charge in [-0.3, -0.25) is 4.98 Å². The van der Waals surface area contributed by atoms with Crippen molar-refractivity contribution < 1.29 is 4.74 Å². The minimum atomic E-state index is 0. The van der Waals surface area contributed by atoms with E-state index < -0.39 is 0 Å². The number of thioether (sulfide) groups is 1. The molecule has 0 saturated heterocycles. The topological polar surface area (TPSA) is 76.8 Å². The van der Waals surface area contributed by atoms with E-state index in [1.807, 2.05) is 18.2 Å². The summed E-state index contributed by atoms with van der Waals surface area (Å²) < 4.78 is 5.35. The van der Waals surface area contributed by atoms with Crippen molar-refractivity contribution >= 4 is 60.0 Å². The summed E-state index contributed by atoms with van der Waals surface area (Å²) in [5.74, 6) is 1.57. The molecule has 37 heavy (non-hydrogen) atoms. The van der Waals surface area contributed by atoms with Gasteiger partial charge in [0.2, 0.25) is 0 Å². The molecule has 202 valence electrons. The lowest BCUT2D eigenvalue weighted by atomic mass is 9.85. The Morgan fingerprint density at radius 1 is 0.946 bits per heavy atom. The number of fused-ring (bicyclic) bond motifs is 1. The average Bonchev–Trinajstić information content (AvgIpc) is 3.19. The van der Waals surface area contributed by atoms with Crippen LogP contribution in [0.5, 0.6) is 5.75 Å². The highest BCUT2D eigenvalue weighted by molar-refractivity contribution is 7.98. The molecule has 0 fully saturated rings. The molecule has 3 N–H and O–H groups in total. The van der Waals surface area contributed by atoms with E-state index in [0.717, 1.165) is 51.1 Å². The van der Waals surface area contributed by atoms with Gasteiger partial charge in [-0.25, -0.2) is 4.98 Å². The smallest absolute Gasteiger partial charge is 0.166 e. The molecule has 0 atom stereocenters. The van der Waals surface area contributed by atoms with E-state index in [-0.39, 0.29) is 42.6 Å². The maximum Gasteiger partial charge on any atom is 0.166 e. The molecule has 4 rings (SSSR count). The zero-order chi connectivity index (χ0) is 24.5. The first-order valence-corrected chi connectivity index (χ1v) is 12.6. The van der Waals surface area contributed by atoms with E-state index in [9.17, 15) is 0 Å². The van der Waals surface area contributed by atoms with Crippen LogP contribution in [-0.2, 0) is 18.7 Å². The lowest BCUT2D eigenvalue weighted by Gasteiger charge is -2.24. The summed E-state index contributed by atoms with van der Waals surface area (Å²) in [7, 11) is 1.67. The third-order valence-corrected chi connectivity index (χ3v) is 6.85. The van der Waals surface area contributed by atoms with E-state index in [4.69, 9.17) is 20.4 Å². The summed E-state index contributed by atoms with van der Waals surface area (Å²) in [6.07, 6.45) is 0.887. The SMILES string of the molecule is COc1ccc2nc(SCc3c(C)nc(CC(C)(C)C)c(CN)c3-c3ccc(C)cc3)[nH]c2c1.Cl.Cl.Cl. The fourth-order valence-corrected chi connectivity index (χ4v) is 5.24. The number of nitrogens with two attached hydrogens (primary N) is 1. The Morgan fingerprint density at radius 3 is 2.22 bits per heavy atom. The van der Waals surface area contributed by atoms with E-state index in [1.54, 1.807) is 18.9 Å². The van der Waals surface area contributed by atoms with Gasteiger partial charge < -0.3 is 15.5 Å². The van der Waals surface area contributed by atoms with Gasteiger partial charge in [0.25, 0.3) is 0 Å². The van der Waals surface area contributed by atoms with Gasteiger partial charge in [-0.2, -0.15) is 0 Å². The number of aryl methyl sites for hydroxylation is 2. The van der Waals surface area contributed by atoms with Gasteiger partial charge in [-0.1, -0.05) is 62.4 Å². The molecule has 0 unspecified atom stereocenters. The molecule has 2 aromatic heterocycles. The predicted molar refractivity (Wildman–Crippen MR) is 164 cm³/mol. The van der Waals surface area contributed by atoms with Crippen molar-refractivity contribution in [1.82, 2.24) is 15.0 Å². The summed E-state index contributed by atoms with van der Waals surface area (Å²) in [6.45, 7) is 11.4. The van der Waals surface area contributed by atoms with Crippen LogP contribution in [0.25, 0.3) is 22.2 Å². The molecule has 9 heteroatoms. The van der Waals surface area contributed by atoms with Crippen molar-refractivity contribution in [3.05, 3.63) is 70.5 Å². The van der Waals surface area contributed by atoms with Gasteiger partial charge in [0.15, 0.2) is 5.16 Å². The van der Waals surface area contributed by atoms with Crippen molar-refractivity contribution in [2.45, 2.75) is 58.5 Å². The predicted octanol–water partition coefficient (Wildman–Crippen LogP) is 7.86. The van der Waals surface area contributed by atoms with Gasteiger partial charge in [0, 0.05) is 29.8 Å². The maximum atomic E-state index is 6.36. The van der Waals surface area contributed by atoms with Crippen LogP contribution < -0.4 is 10.5 Å². The van der Waals surface area contributed by atoms with Crippen LogP contribution in [-0.4, -0.2) is 22.1 Å². The van der Waals surface area contributed by atoms with Gasteiger partial charge in [0.05, 0.1) is 18.1 Å². The number of nitrogens with one attached hydrogen (secondary N) is 1. The number of H-pyrrole nitrogens is 1. The molecule has 2 aromatic carbocycles. The summed E-state index contributed by atoms with van der Waals surface area (Å²) in [6, 6.07) is 14.6. The highest BCUT2D eigenvalue weighted by atomic mass is 35.5. The van der Waals surface area contributed by atoms with Crippen LogP contribution in [0.2, 0.25) is 0 Å². The number of nitrogens with zero attached hydrogens (tertiary/aromatic N) is 2. The molecule has 0 aliphatic carbocycles. The number of ether oxygens (including phenoxy) is 1. The Kier molecular flexibility index (Phi) is 12.3. The van der Waals surface area contributed by atoms with Crippen LogP contribution in [0.1, 0.15) is 48.8 Å². The van der Waals surface area contributed by atoms with Gasteiger partial charge in [-0.05, 0) is 60.1 Å². The zero-order valence-corrected chi connectivity index (χ0v) is 25.4. The van der Waals surface area contributed by atoms with Crippen LogP contribution in [0.4, 0.5) is 0 Å². The number of imidazole rings is 1. The average molecular weight is 584 g/mol. The molecule has 0 spiro atoms. The fourth-order valence-electron chi connectivity index (χ4n) is 4.26. The number of aromatic amines is 1. The highest BCUT2D eigenvalue weighted by Gasteiger charge is 2.22. The van der Waals surface area contributed by atoms with E-state index in [1.165, 1.54) is 22.3 Å². The number of aromatic nitrogens is 3. The Balaban J connectivity index is 0.00000228. The molecule has 0 aliphatic heterocycles. The second-order valence-electron chi connectivity index (χ2n) is 10.00. The van der Waals surface area contributed by atoms with E-state index in [0.29, 0.717) is 6.54 Å². The summed E-state index contributed by atoms with van der Waals surface area (Å²) in [5.41, 5.74) is 16.6. The molecular weight excluding hydrogens is 547 g/mol. The molecule has 5 nitrogen and oxygen atoms in total. The maximum absolute atomic E-state index is 6.36. The number of rotatable bonds is 7. The fraction of sp³-hybridized carbons (Fsp3) is 0.357. The third-order valence-electron chi connectivity index (χ3n) is 5.95. The normalized spacial score (nSPS) is 10.9. The van der Waals surface area contributed by atoms with Crippen LogP contribution in [0.15, 0.2) is 47.6 Å². The number of benzene rings is 2. The summed E-state index contributed by atoms with van der Waals surface area (Å²) >= 11 is 1.69. The summed E-state index contributed by atoms with van der Waals surface area (Å²) in [4.78, 5) is 13.3. The largest absolute Gasteiger partial charge is 0.497 e. The van der Waals surface area contributed by atoms with Gasteiger partial charge in [0.1, 0.15) is 5.75 Å². The molecular formula is C28H37Cl3N4OS. The zero-order valence-electron chi connectivity index (χ0n) is 22.2. The first-order chi connectivity index (χ1) is 16.2. The molecule has 0 bridgehead atoms. The minimum absolute atomic E-state index is 0. The number of hydrogen-bond acceptors (Lipinski definition) is 5. The minimum Gasteiger partial charge on any atom is -0.497 e.